The molecule has 0 nitrogen and oxygen atoms in total. The lowest BCUT2D eigenvalue weighted by atomic mass is 10.2. The van der Waals surface area contributed by atoms with Gasteiger partial charge in [0.05, 0.1) is 0 Å². The molecule has 0 aliphatic carbocycles. The number of hydrogen-bond donors (Lipinski definition) is 0. The number of hydrogen-bond acceptors (Lipinski definition) is 0. The number of rotatable bonds is 3. The second-order valence-electron chi connectivity index (χ2n) is 2.59. The Morgan fingerprint density at radius 1 is 1.40 bits per heavy atom. The van der Waals surface area contributed by atoms with Crippen LogP contribution >= 0.6 is 0 Å². The van der Waals surface area contributed by atoms with Crippen molar-refractivity contribution in [2.24, 2.45) is 0 Å². The maximum absolute atomic E-state index is 3.77. The molecule has 0 radical (unpaired) electrons. The van der Waals surface area contributed by atoms with Gasteiger partial charge >= 0.3 is 0 Å². The van der Waals surface area contributed by atoms with Crippen LogP contribution in [0.1, 0.15) is 27.2 Å². The summed E-state index contributed by atoms with van der Waals surface area (Å²) in [5.74, 6) is 0. The van der Waals surface area contributed by atoms with E-state index in [1.807, 2.05) is 13.0 Å². The van der Waals surface area contributed by atoms with Crippen molar-refractivity contribution < 1.29 is 0 Å². The van der Waals surface area contributed by atoms with E-state index in [4.69, 9.17) is 0 Å². The molecule has 0 heteroatoms. The van der Waals surface area contributed by atoms with Crippen LogP contribution in [0, 0.1) is 0 Å². The van der Waals surface area contributed by atoms with E-state index in [0.29, 0.717) is 0 Å². The Hall–Kier alpha value is -0.780. The fraction of sp³-hybridized carbons (Fsp3) is 0.400. The van der Waals surface area contributed by atoms with Gasteiger partial charge in [0.2, 0.25) is 0 Å². The van der Waals surface area contributed by atoms with Crippen molar-refractivity contribution in [3.05, 3.63) is 36.0 Å². The Balaban J connectivity index is 3.64. The molecule has 0 heterocycles. The van der Waals surface area contributed by atoms with Crippen LogP contribution in [0.15, 0.2) is 36.0 Å². The Bertz CT molecular complexity index is 159. The molecule has 0 aliphatic rings. The van der Waals surface area contributed by atoms with Crippen LogP contribution in [-0.2, 0) is 0 Å². The van der Waals surface area contributed by atoms with Crippen LogP contribution in [0.4, 0.5) is 0 Å². The van der Waals surface area contributed by atoms with Crippen molar-refractivity contribution in [2.45, 2.75) is 27.2 Å². The predicted molar refractivity (Wildman–Crippen MR) is 48.0 cm³/mol. The summed E-state index contributed by atoms with van der Waals surface area (Å²) in [4.78, 5) is 0. The molecule has 0 aromatic rings. The maximum Gasteiger partial charge on any atom is -0.0138 e. The highest BCUT2D eigenvalue weighted by Gasteiger charge is 1.80. The summed E-state index contributed by atoms with van der Waals surface area (Å²) in [5.41, 5.74) is 2.52. The van der Waals surface area contributed by atoms with E-state index in [2.05, 4.69) is 32.6 Å². The molecule has 0 bridgehead atoms. The molecular formula is C10H16. The molecule has 0 amide bonds. The van der Waals surface area contributed by atoms with Crippen molar-refractivity contribution in [3.8, 4) is 0 Å². The van der Waals surface area contributed by atoms with Crippen LogP contribution in [0.2, 0.25) is 0 Å². The summed E-state index contributed by atoms with van der Waals surface area (Å²) >= 11 is 0. The molecule has 0 atom stereocenters. The first kappa shape index (κ1) is 9.22. The third-order valence-electron chi connectivity index (χ3n) is 1.33. The largest absolute Gasteiger partial charge is 0.0961 e. The SMILES string of the molecule is C=C(C)/C=C\C/C(C)=C/C. The Morgan fingerprint density at radius 2 is 2.00 bits per heavy atom. The summed E-state index contributed by atoms with van der Waals surface area (Å²) in [6.07, 6.45) is 7.36. The molecule has 0 unspecified atom stereocenters. The lowest BCUT2D eigenvalue weighted by Gasteiger charge is -1.91. The van der Waals surface area contributed by atoms with E-state index in [1.165, 1.54) is 5.57 Å². The van der Waals surface area contributed by atoms with E-state index in [9.17, 15) is 0 Å². The summed E-state index contributed by atoms with van der Waals surface area (Å²) in [7, 11) is 0. The van der Waals surface area contributed by atoms with Gasteiger partial charge in [-0.1, -0.05) is 36.0 Å². The Kier molecular flexibility index (Phi) is 4.65. The molecule has 0 aliphatic heterocycles. The summed E-state index contributed by atoms with van der Waals surface area (Å²) in [5, 5.41) is 0. The van der Waals surface area contributed by atoms with Crippen LogP contribution in [-0.4, -0.2) is 0 Å². The smallest absolute Gasteiger partial charge is 0.0138 e. The van der Waals surface area contributed by atoms with Crippen molar-refractivity contribution >= 4 is 0 Å². The number of allylic oxidation sites excluding steroid dienone is 5. The minimum atomic E-state index is 1.04. The van der Waals surface area contributed by atoms with Crippen molar-refractivity contribution in [2.75, 3.05) is 0 Å². The molecule has 0 fully saturated rings. The Labute approximate surface area is 64.0 Å². The first-order valence-corrected chi connectivity index (χ1v) is 3.60. The maximum atomic E-state index is 3.77. The van der Waals surface area contributed by atoms with Gasteiger partial charge in [-0.25, -0.2) is 0 Å². The molecule has 0 aromatic carbocycles. The first-order chi connectivity index (χ1) is 4.66. The molecule has 10 heavy (non-hydrogen) atoms. The van der Waals surface area contributed by atoms with Crippen molar-refractivity contribution in [3.63, 3.8) is 0 Å². The van der Waals surface area contributed by atoms with Crippen LogP contribution < -0.4 is 0 Å². The Morgan fingerprint density at radius 3 is 2.40 bits per heavy atom. The zero-order chi connectivity index (χ0) is 7.98. The third kappa shape index (κ3) is 5.36. The fourth-order valence-electron chi connectivity index (χ4n) is 0.564. The van der Waals surface area contributed by atoms with Gasteiger partial charge in [0.15, 0.2) is 0 Å². The van der Waals surface area contributed by atoms with E-state index >= 15 is 0 Å². The zero-order valence-electron chi connectivity index (χ0n) is 7.15. The second-order valence-corrected chi connectivity index (χ2v) is 2.59. The second kappa shape index (κ2) is 5.04. The van der Waals surface area contributed by atoms with Gasteiger partial charge in [-0.05, 0) is 27.2 Å². The molecule has 0 saturated heterocycles. The van der Waals surface area contributed by atoms with Gasteiger partial charge < -0.3 is 0 Å². The predicted octanol–water partition coefficient (Wildman–Crippen LogP) is 3.48. The van der Waals surface area contributed by atoms with Crippen LogP contribution in [0.5, 0.6) is 0 Å². The van der Waals surface area contributed by atoms with E-state index in [0.717, 1.165) is 12.0 Å². The summed E-state index contributed by atoms with van der Waals surface area (Å²) in [6.45, 7) is 9.96. The lowest BCUT2D eigenvalue weighted by molar-refractivity contribution is 1.19. The summed E-state index contributed by atoms with van der Waals surface area (Å²) < 4.78 is 0. The van der Waals surface area contributed by atoms with Gasteiger partial charge in [0.25, 0.3) is 0 Å². The molecule has 0 aromatic heterocycles. The minimum Gasteiger partial charge on any atom is -0.0961 e. The highest BCUT2D eigenvalue weighted by Crippen LogP contribution is 2.01. The molecule has 0 saturated carbocycles. The third-order valence-corrected chi connectivity index (χ3v) is 1.33. The van der Waals surface area contributed by atoms with E-state index in [1.54, 1.807) is 0 Å². The lowest BCUT2D eigenvalue weighted by Crippen LogP contribution is -1.70. The zero-order valence-corrected chi connectivity index (χ0v) is 7.15. The van der Waals surface area contributed by atoms with Crippen LogP contribution in [0.3, 0.4) is 0 Å². The van der Waals surface area contributed by atoms with Crippen molar-refractivity contribution in [1.29, 1.82) is 0 Å². The molecule has 0 spiro atoms. The fourth-order valence-corrected chi connectivity index (χ4v) is 0.564. The van der Waals surface area contributed by atoms with E-state index < -0.39 is 0 Å². The highest BCUT2D eigenvalue weighted by atomic mass is 13.9. The van der Waals surface area contributed by atoms with Gasteiger partial charge in [-0.3, -0.25) is 0 Å². The normalized spacial score (nSPS) is 12.5. The highest BCUT2D eigenvalue weighted by molar-refractivity contribution is 5.14. The van der Waals surface area contributed by atoms with Crippen LogP contribution in [0.25, 0.3) is 0 Å². The average Bonchev–Trinajstić information content (AvgIpc) is 1.87. The summed E-state index contributed by atoms with van der Waals surface area (Å²) in [6, 6.07) is 0. The molecule has 0 rings (SSSR count). The van der Waals surface area contributed by atoms with Gasteiger partial charge in [0, 0.05) is 0 Å². The first-order valence-electron chi connectivity index (χ1n) is 3.60. The van der Waals surface area contributed by atoms with Gasteiger partial charge in [0.1, 0.15) is 0 Å². The van der Waals surface area contributed by atoms with E-state index in [-0.39, 0.29) is 0 Å². The molecular weight excluding hydrogens is 120 g/mol. The van der Waals surface area contributed by atoms with Gasteiger partial charge in [-0.2, -0.15) is 0 Å². The monoisotopic (exact) mass is 136 g/mol. The average molecular weight is 136 g/mol. The standard InChI is InChI=1S/C10H16/c1-5-10(4)8-6-7-9(2)3/h5-7H,2,8H2,1,3-4H3/b7-6-,10-5+. The minimum absolute atomic E-state index is 1.04. The van der Waals surface area contributed by atoms with Crippen molar-refractivity contribution in [1.82, 2.24) is 0 Å². The quantitative estimate of drug-likeness (QED) is 0.411. The van der Waals surface area contributed by atoms with Gasteiger partial charge in [-0.15, -0.1) is 0 Å². The molecule has 0 N–H and O–H groups in total. The topological polar surface area (TPSA) is 0 Å². The molecule has 56 valence electrons.